The highest BCUT2D eigenvalue weighted by molar-refractivity contribution is 6.01. The Balaban J connectivity index is 2.85. The average molecular weight is 221 g/mol. The van der Waals surface area contributed by atoms with Gasteiger partial charge in [-0.15, -0.1) is 0 Å². The molecule has 0 aliphatic rings. The zero-order chi connectivity index (χ0) is 12.3. The number of carboxylic acid groups (broad SMARTS) is 1. The number of hydrogen-bond donors (Lipinski definition) is 2. The van der Waals surface area contributed by atoms with Gasteiger partial charge in [0.2, 0.25) is 5.91 Å². The van der Waals surface area contributed by atoms with Gasteiger partial charge >= 0.3 is 5.97 Å². The number of hydrogen-bond acceptors (Lipinski definition) is 2. The van der Waals surface area contributed by atoms with E-state index >= 15 is 0 Å². The largest absolute Gasteiger partial charge is 0.481 e. The van der Waals surface area contributed by atoms with Crippen LogP contribution >= 0.6 is 0 Å². The average Bonchev–Trinajstić information content (AvgIpc) is 2.12. The maximum Gasteiger partial charge on any atom is 0.312 e. The van der Waals surface area contributed by atoms with Crippen LogP contribution in [0.1, 0.15) is 23.1 Å². The predicted molar refractivity (Wildman–Crippen MR) is 61.5 cm³/mol. The number of rotatable bonds is 3. The summed E-state index contributed by atoms with van der Waals surface area (Å²) < 4.78 is 0. The molecule has 0 unspecified atom stereocenters. The molecule has 0 saturated heterocycles. The maximum absolute atomic E-state index is 11.3. The van der Waals surface area contributed by atoms with E-state index in [-0.39, 0.29) is 0 Å². The Morgan fingerprint density at radius 3 is 2.25 bits per heavy atom. The third kappa shape index (κ3) is 3.08. The molecule has 1 rings (SSSR count). The van der Waals surface area contributed by atoms with E-state index in [4.69, 9.17) is 5.11 Å². The fourth-order valence-corrected chi connectivity index (χ4v) is 1.43. The minimum atomic E-state index is -1.13. The van der Waals surface area contributed by atoms with Gasteiger partial charge < -0.3 is 10.4 Å². The molecule has 0 aliphatic carbocycles. The van der Waals surface area contributed by atoms with E-state index in [0.717, 1.165) is 16.7 Å². The minimum absolute atomic E-state index is 0.501. The number of benzene rings is 1. The van der Waals surface area contributed by atoms with Crippen LogP contribution in [0.3, 0.4) is 0 Å². The molecule has 0 heterocycles. The molecule has 0 spiro atoms. The third-order valence-corrected chi connectivity index (χ3v) is 2.43. The number of carbonyl (C=O) groups excluding carboxylic acids is 1. The smallest absolute Gasteiger partial charge is 0.312 e. The van der Waals surface area contributed by atoms with Crippen LogP contribution in [0, 0.1) is 20.8 Å². The van der Waals surface area contributed by atoms with E-state index < -0.39 is 18.3 Å². The van der Waals surface area contributed by atoms with Crippen LogP contribution < -0.4 is 5.32 Å². The Morgan fingerprint density at radius 1 is 1.12 bits per heavy atom. The third-order valence-electron chi connectivity index (χ3n) is 2.43. The second-order valence-electron chi connectivity index (χ2n) is 3.87. The quantitative estimate of drug-likeness (QED) is 0.767. The highest BCUT2D eigenvalue weighted by Crippen LogP contribution is 2.20. The van der Waals surface area contributed by atoms with Crippen LogP contribution in [-0.4, -0.2) is 17.0 Å². The zero-order valence-corrected chi connectivity index (χ0v) is 9.63. The summed E-state index contributed by atoms with van der Waals surface area (Å²) >= 11 is 0. The Hall–Kier alpha value is -1.84. The molecule has 0 fully saturated rings. The minimum Gasteiger partial charge on any atom is -0.481 e. The molecule has 1 aromatic carbocycles. The Morgan fingerprint density at radius 2 is 1.69 bits per heavy atom. The molecule has 2 N–H and O–H groups in total. The Labute approximate surface area is 94.3 Å². The van der Waals surface area contributed by atoms with Crippen molar-refractivity contribution in [3.8, 4) is 0 Å². The van der Waals surface area contributed by atoms with Crippen molar-refractivity contribution in [1.29, 1.82) is 0 Å². The molecule has 4 nitrogen and oxygen atoms in total. The van der Waals surface area contributed by atoms with Crippen molar-refractivity contribution in [3.05, 3.63) is 28.8 Å². The first-order valence-electron chi connectivity index (χ1n) is 4.99. The Kier molecular flexibility index (Phi) is 3.66. The lowest BCUT2D eigenvalue weighted by molar-refractivity contribution is -0.139. The molecule has 1 aromatic rings. The molecule has 4 heteroatoms. The van der Waals surface area contributed by atoms with Crippen LogP contribution in [0.4, 0.5) is 5.69 Å². The fourth-order valence-electron chi connectivity index (χ4n) is 1.43. The summed E-state index contributed by atoms with van der Waals surface area (Å²) in [6.07, 6.45) is -0.508. The van der Waals surface area contributed by atoms with Gasteiger partial charge in [-0.1, -0.05) is 6.07 Å². The van der Waals surface area contributed by atoms with Crippen LogP contribution in [0.2, 0.25) is 0 Å². The fraction of sp³-hybridized carbons (Fsp3) is 0.333. The van der Waals surface area contributed by atoms with Crippen molar-refractivity contribution >= 4 is 17.6 Å². The van der Waals surface area contributed by atoms with Gasteiger partial charge in [0.25, 0.3) is 0 Å². The second kappa shape index (κ2) is 4.79. The summed E-state index contributed by atoms with van der Waals surface area (Å²) in [6.45, 7) is 5.82. The zero-order valence-electron chi connectivity index (χ0n) is 9.63. The number of anilines is 1. The summed E-state index contributed by atoms with van der Waals surface area (Å²) in [5, 5.41) is 11.1. The molecule has 0 aromatic heterocycles. The van der Waals surface area contributed by atoms with Crippen molar-refractivity contribution < 1.29 is 14.7 Å². The molecule has 0 radical (unpaired) electrons. The van der Waals surface area contributed by atoms with Crippen molar-refractivity contribution in [1.82, 2.24) is 0 Å². The summed E-state index contributed by atoms with van der Waals surface area (Å²) in [4.78, 5) is 21.6. The molecular formula is C12H15NO3. The van der Waals surface area contributed by atoms with Crippen molar-refractivity contribution in [2.75, 3.05) is 5.32 Å². The first-order chi connectivity index (χ1) is 7.40. The molecular weight excluding hydrogens is 206 g/mol. The van der Waals surface area contributed by atoms with Crippen LogP contribution in [0.15, 0.2) is 12.1 Å². The van der Waals surface area contributed by atoms with E-state index in [1.807, 2.05) is 32.9 Å². The van der Waals surface area contributed by atoms with Gasteiger partial charge in [-0.3, -0.25) is 9.59 Å². The second-order valence-corrected chi connectivity index (χ2v) is 3.87. The van der Waals surface area contributed by atoms with E-state index in [1.165, 1.54) is 0 Å². The molecule has 16 heavy (non-hydrogen) atoms. The standard InChI is InChI=1S/C12H15NO3/c1-7-4-9(3)10(5-8(7)2)13-11(14)6-12(15)16/h4-5H,6H2,1-3H3,(H,13,14)(H,15,16). The number of aliphatic carboxylic acids is 1. The molecule has 0 aliphatic heterocycles. The number of carbonyl (C=O) groups is 2. The van der Waals surface area contributed by atoms with Gasteiger partial charge in [0.05, 0.1) is 0 Å². The predicted octanol–water partition coefficient (Wildman–Crippen LogP) is 2.03. The summed E-state index contributed by atoms with van der Waals surface area (Å²) in [5.41, 5.74) is 3.82. The van der Waals surface area contributed by atoms with Gasteiger partial charge in [0.15, 0.2) is 0 Å². The number of amides is 1. The van der Waals surface area contributed by atoms with Crippen molar-refractivity contribution in [2.24, 2.45) is 0 Å². The molecule has 0 saturated carbocycles. The Bertz CT molecular complexity index is 438. The lowest BCUT2D eigenvalue weighted by Gasteiger charge is -2.10. The summed E-state index contributed by atoms with van der Waals surface area (Å²) in [7, 11) is 0. The van der Waals surface area contributed by atoms with Crippen LogP contribution in [0.5, 0.6) is 0 Å². The maximum atomic E-state index is 11.3. The molecule has 1 amide bonds. The van der Waals surface area contributed by atoms with E-state index in [2.05, 4.69) is 5.32 Å². The van der Waals surface area contributed by atoms with Crippen LogP contribution in [-0.2, 0) is 9.59 Å². The van der Waals surface area contributed by atoms with Gasteiger partial charge in [0.1, 0.15) is 6.42 Å². The summed E-state index contributed by atoms with van der Waals surface area (Å²) in [5.74, 6) is -1.63. The van der Waals surface area contributed by atoms with Gasteiger partial charge in [-0.25, -0.2) is 0 Å². The van der Waals surface area contributed by atoms with E-state index in [0.29, 0.717) is 5.69 Å². The molecule has 0 atom stereocenters. The van der Waals surface area contributed by atoms with Crippen molar-refractivity contribution in [2.45, 2.75) is 27.2 Å². The first-order valence-corrected chi connectivity index (χ1v) is 4.99. The van der Waals surface area contributed by atoms with E-state index in [9.17, 15) is 9.59 Å². The number of carboxylic acids is 1. The monoisotopic (exact) mass is 221 g/mol. The topological polar surface area (TPSA) is 66.4 Å². The van der Waals surface area contributed by atoms with Gasteiger partial charge in [-0.2, -0.15) is 0 Å². The highest BCUT2D eigenvalue weighted by Gasteiger charge is 2.09. The SMILES string of the molecule is Cc1cc(C)c(NC(=O)CC(=O)O)cc1C. The molecule has 86 valence electrons. The number of aryl methyl sites for hydroxylation is 3. The summed E-state index contributed by atoms with van der Waals surface area (Å²) in [6, 6.07) is 3.82. The first kappa shape index (κ1) is 12.2. The molecule has 0 bridgehead atoms. The lowest BCUT2D eigenvalue weighted by Crippen LogP contribution is -2.16. The highest BCUT2D eigenvalue weighted by atomic mass is 16.4. The van der Waals surface area contributed by atoms with Crippen molar-refractivity contribution in [3.63, 3.8) is 0 Å². The van der Waals surface area contributed by atoms with Gasteiger partial charge in [0, 0.05) is 5.69 Å². The normalized spacial score (nSPS) is 9.94. The van der Waals surface area contributed by atoms with Crippen LogP contribution in [0.25, 0.3) is 0 Å². The van der Waals surface area contributed by atoms with E-state index in [1.54, 1.807) is 0 Å². The number of nitrogens with one attached hydrogen (secondary N) is 1. The lowest BCUT2D eigenvalue weighted by atomic mass is 10.0. The van der Waals surface area contributed by atoms with Gasteiger partial charge in [-0.05, 0) is 43.5 Å².